The molecule has 1 saturated heterocycles. The third kappa shape index (κ3) is 2.85. The number of fused-ring (bicyclic) bond motifs is 2. The first kappa shape index (κ1) is 18.9. The summed E-state index contributed by atoms with van der Waals surface area (Å²) < 4.78 is 0. The summed E-state index contributed by atoms with van der Waals surface area (Å²) in [5.74, 6) is -3.87. The second kappa shape index (κ2) is 6.98. The minimum absolute atomic E-state index is 0.0903. The van der Waals surface area contributed by atoms with Crippen molar-refractivity contribution >= 4 is 35.1 Å². The lowest BCUT2D eigenvalue weighted by molar-refractivity contribution is -0.140. The number of hydrogen-bond acceptors (Lipinski definition) is 7. The van der Waals surface area contributed by atoms with Crippen LogP contribution in [0.15, 0.2) is 59.7 Å². The van der Waals surface area contributed by atoms with Gasteiger partial charge in [0, 0.05) is 0 Å². The van der Waals surface area contributed by atoms with E-state index in [0.29, 0.717) is 0 Å². The number of carbonyl (C=O) groups is 5. The van der Waals surface area contributed by atoms with Crippen LogP contribution in [0.25, 0.3) is 0 Å². The molecule has 3 heterocycles. The van der Waals surface area contributed by atoms with Crippen molar-refractivity contribution in [2.24, 2.45) is 11.0 Å². The highest BCUT2D eigenvalue weighted by Crippen LogP contribution is 2.29. The lowest BCUT2D eigenvalue weighted by atomic mass is 9.95. The fourth-order valence-electron chi connectivity index (χ4n) is 4.11. The lowest BCUT2D eigenvalue weighted by Crippen LogP contribution is -2.41. The van der Waals surface area contributed by atoms with E-state index in [0.717, 1.165) is 15.4 Å². The Bertz CT molecular complexity index is 1150. The highest BCUT2D eigenvalue weighted by atomic mass is 16.2. The summed E-state index contributed by atoms with van der Waals surface area (Å²) in [6.45, 7) is -0.455. The van der Waals surface area contributed by atoms with E-state index >= 15 is 0 Å². The van der Waals surface area contributed by atoms with E-state index in [9.17, 15) is 24.0 Å². The Labute approximate surface area is 176 Å². The Balaban J connectivity index is 1.34. The van der Waals surface area contributed by atoms with Crippen LogP contribution < -0.4 is 5.43 Å². The van der Waals surface area contributed by atoms with E-state index in [4.69, 9.17) is 0 Å². The van der Waals surface area contributed by atoms with Crippen molar-refractivity contribution in [3.8, 4) is 0 Å². The molecule has 9 heteroatoms. The zero-order valence-corrected chi connectivity index (χ0v) is 16.1. The molecule has 0 aliphatic carbocycles. The molecule has 0 unspecified atom stereocenters. The summed E-state index contributed by atoms with van der Waals surface area (Å²) in [5.41, 5.74) is 3.67. The van der Waals surface area contributed by atoms with Gasteiger partial charge in [-0.1, -0.05) is 42.5 Å². The molecule has 2 aromatic carbocycles. The van der Waals surface area contributed by atoms with E-state index in [-0.39, 0.29) is 23.4 Å². The lowest BCUT2D eigenvalue weighted by Gasteiger charge is -2.16. The van der Waals surface area contributed by atoms with Crippen LogP contribution in [0.2, 0.25) is 0 Å². The topological polar surface area (TPSA) is 116 Å². The molecule has 0 aromatic heterocycles. The van der Waals surface area contributed by atoms with Crippen molar-refractivity contribution in [3.63, 3.8) is 0 Å². The normalized spacial score (nSPS) is 21.9. The van der Waals surface area contributed by atoms with Crippen molar-refractivity contribution in [2.75, 3.05) is 6.54 Å². The van der Waals surface area contributed by atoms with Gasteiger partial charge >= 0.3 is 0 Å². The van der Waals surface area contributed by atoms with Crippen molar-refractivity contribution in [3.05, 3.63) is 71.3 Å². The molecule has 5 rings (SSSR count). The fraction of sp³-hybridized carbons (Fsp3) is 0.182. The van der Waals surface area contributed by atoms with Crippen molar-refractivity contribution in [2.45, 2.75) is 12.6 Å². The highest BCUT2D eigenvalue weighted by molar-refractivity contribution is 6.47. The van der Waals surface area contributed by atoms with Crippen LogP contribution in [0.3, 0.4) is 0 Å². The molecule has 4 amide bonds. The average Bonchev–Trinajstić information content (AvgIpc) is 3.40. The Hall–Kier alpha value is -4.14. The minimum atomic E-state index is -1.07. The summed E-state index contributed by atoms with van der Waals surface area (Å²) in [6.07, 6.45) is 0. The van der Waals surface area contributed by atoms with Crippen LogP contribution in [-0.4, -0.2) is 57.5 Å². The molecular weight excluding hydrogens is 400 g/mol. The van der Waals surface area contributed by atoms with Gasteiger partial charge in [0.1, 0.15) is 17.7 Å². The second-order valence-corrected chi connectivity index (χ2v) is 7.49. The Morgan fingerprint density at radius 3 is 2.10 bits per heavy atom. The molecule has 0 radical (unpaired) electrons. The first-order valence-electron chi connectivity index (χ1n) is 9.68. The van der Waals surface area contributed by atoms with Gasteiger partial charge in [0.05, 0.1) is 24.2 Å². The number of hydrogen-bond donors (Lipinski definition) is 1. The van der Waals surface area contributed by atoms with E-state index in [2.05, 4.69) is 10.5 Å². The smallest absolute Gasteiger partial charge is 0.261 e. The zero-order chi connectivity index (χ0) is 21.7. The van der Waals surface area contributed by atoms with Crippen LogP contribution >= 0.6 is 0 Å². The van der Waals surface area contributed by atoms with Crippen LogP contribution in [0, 0.1) is 5.92 Å². The number of imide groups is 2. The zero-order valence-electron chi connectivity index (χ0n) is 16.1. The molecule has 154 valence electrons. The maximum Gasteiger partial charge on any atom is 0.261 e. The predicted octanol–water partition coefficient (Wildman–Crippen LogP) is 0.365. The molecule has 3 aliphatic rings. The largest absolute Gasteiger partial charge is 0.296 e. The molecule has 2 atom stereocenters. The number of likely N-dealkylation sites (tertiary alicyclic amines) is 1. The Morgan fingerprint density at radius 1 is 0.839 bits per heavy atom. The van der Waals surface area contributed by atoms with Gasteiger partial charge in [-0.2, -0.15) is 5.10 Å². The van der Waals surface area contributed by atoms with Crippen LogP contribution in [-0.2, 0) is 20.9 Å². The summed E-state index contributed by atoms with van der Waals surface area (Å²) >= 11 is 0. The standard InChI is InChI=1S/C22H16N4O5/c27-15(11-26-19(28)13-8-4-5-9-14(13)20(26)29)17-16-18(24-23-17)22(31)25(21(16)30)10-12-6-2-1-3-7-12/h1-9,16,18,24H,10-11H2/t16-,18+/m0/s1. The third-order valence-electron chi connectivity index (χ3n) is 5.67. The van der Waals surface area contributed by atoms with Crippen LogP contribution in [0.5, 0.6) is 0 Å². The van der Waals surface area contributed by atoms with Gasteiger partial charge < -0.3 is 0 Å². The minimum Gasteiger partial charge on any atom is -0.296 e. The van der Waals surface area contributed by atoms with E-state index < -0.39 is 47.9 Å². The van der Waals surface area contributed by atoms with E-state index in [1.807, 2.05) is 6.07 Å². The number of ketones is 1. The summed E-state index contributed by atoms with van der Waals surface area (Å²) in [7, 11) is 0. The van der Waals surface area contributed by atoms with E-state index in [1.165, 1.54) is 12.1 Å². The number of rotatable bonds is 5. The maximum absolute atomic E-state index is 12.9. The van der Waals surface area contributed by atoms with Gasteiger partial charge in [0.15, 0.2) is 5.78 Å². The molecule has 0 bridgehead atoms. The summed E-state index contributed by atoms with van der Waals surface area (Å²) in [6, 6.07) is 14.4. The SMILES string of the molecule is O=C(CN1C(=O)c2ccccc2C1=O)C1=NN[C@H]2C(=O)N(Cc3ccccc3)C(=O)[C@@H]12. The molecule has 1 fully saturated rings. The number of carbonyl (C=O) groups excluding carboxylic acids is 5. The van der Waals surface area contributed by atoms with Gasteiger partial charge in [-0.05, 0) is 17.7 Å². The van der Waals surface area contributed by atoms with Crippen molar-refractivity contribution in [1.29, 1.82) is 0 Å². The Kier molecular flexibility index (Phi) is 4.25. The Morgan fingerprint density at radius 2 is 1.45 bits per heavy atom. The molecule has 1 N–H and O–H groups in total. The number of nitrogens with zero attached hydrogens (tertiary/aromatic N) is 3. The highest BCUT2D eigenvalue weighted by Gasteiger charge is 2.55. The first-order chi connectivity index (χ1) is 15.0. The van der Waals surface area contributed by atoms with Crippen LogP contribution in [0.4, 0.5) is 0 Å². The number of hydrazone groups is 1. The molecule has 31 heavy (non-hydrogen) atoms. The van der Waals surface area contributed by atoms with E-state index in [1.54, 1.807) is 36.4 Å². The molecule has 0 spiro atoms. The molecule has 2 aromatic rings. The number of nitrogens with one attached hydrogen (secondary N) is 1. The average molecular weight is 416 g/mol. The number of amides is 4. The van der Waals surface area contributed by atoms with Crippen molar-refractivity contribution < 1.29 is 24.0 Å². The van der Waals surface area contributed by atoms with Crippen molar-refractivity contribution in [1.82, 2.24) is 15.2 Å². The first-order valence-corrected chi connectivity index (χ1v) is 9.68. The number of Topliss-reactive ketones (excluding diaryl/α,β-unsaturated/α-hetero) is 1. The monoisotopic (exact) mass is 416 g/mol. The van der Waals surface area contributed by atoms with Gasteiger partial charge in [0.2, 0.25) is 5.91 Å². The quantitative estimate of drug-likeness (QED) is 0.704. The van der Waals surface area contributed by atoms with Gasteiger partial charge in [0.25, 0.3) is 17.7 Å². The van der Waals surface area contributed by atoms with Gasteiger partial charge in [-0.3, -0.25) is 39.2 Å². The van der Waals surface area contributed by atoms with Gasteiger partial charge in [-0.15, -0.1) is 0 Å². The fourth-order valence-corrected chi connectivity index (χ4v) is 4.11. The molecule has 9 nitrogen and oxygen atoms in total. The molecule has 3 aliphatic heterocycles. The maximum atomic E-state index is 12.9. The third-order valence-corrected chi connectivity index (χ3v) is 5.67. The second-order valence-electron chi connectivity index (χ2n) is 7.49. The molecular formula is C22H16N4O5. The molecule has 0 saturated carbocycles. The van der Waals surface area contributed by atoms with Gasteiger partial charge in [-0.25, -0.2) is 0 Å². The number of benzene rings is 2. The van der Waals surface area contributed by atoms with Crippen LogP contribution in [0.1, 0.15) is 26.3 Å². The summed E-state index contributed by atoms with van der Waals surface area (Å²) in [4.78, 5) is 65.5. The summed E-state index contributed by atoms with van der Waals surface area (Å²) in [5, 5.41) is 3.90. The predicted molar refractivity (Wildman–Crippen MR) is 107 cm³/mol.